The first kappa shape index (κ1) is 14.4. The molecule has 2 rings (SSSR count). The zero-order valence-electron chi connectivity index (χ0n) is 11.6. The Morgan fingerprint density at radius 3 is 2.47 bits per heavy atom. The molecular weight excluding hydrogens is 244 g/mol. The fourth-order valence-corrected chi connectivity index (χ4v) is 3.15. The van der Waals surface area contributed by atoms with Crippen LogP contribution in [0.2, 0.25) is 0 Å². The Kier molecular flexibility index (Phi) is 5.32. The predicted molar refractivity (Wildman–Crippen MR) is 74.1 cm³/mol. The Morgan fingerprint density at radius 1 is 1.11 bits per heavy atom. The predicted octanol–water partition coefficient (Wildman–Crippen LogP) is 4.07. The molecule has 1 aliphatic carbocycles. The summed E-state index contributed by atoms with van der Waals surface area (Å²) >= 11 is 0. The van der Waals surface area contributed by atoms with Gasteiger partial charge in [-0.3, -0.25) is 0 Å². The quantitative estimate of drug-likeness (QED) is 0.811. The van der Waals surface area contributed by atoms with Crippen LogP contribution in [0.15, 0.2) is 18.2 Å². The van der Waals surface area contributed by atoms with Gasteiger partial charge >= 0.3 is 0 Å². The van der Waals surface area contributed by atoms with Crippen LogP contribution in [0.5, 0.6) is 0 Å². The van der Waals surface area contributed by atoms with E-state index in [1.807, 2.05) is 0 Å². The van der Waals surface area contributed by atoms with Crippen molar-refractivity contribution in [1.29, 1.82) is 0 Å². The standard InChI is InChI=1S/C16H23F2N/c1-2-19-16-10-5-3-4-7-12(16)11-13-14(17)8-6-9-15(13)18/h6,8-9,12,16,19H,2-5,7,10-11H2,1H3. The molecule has 19 heavy (non-hydrogen) atoms. The van der Waals surface area contributed by atoms with Crippen molar-refractivity contribution in [2.24, 2.45) is 5.92 Å². The zero-order valence-corrected chi connectivity index (χ0v) is 11.6. The van der Waals surface area contributed by atoms with Gasteiger partial charge in [0.15, 0.2) is 0 Å². The minimum atomic E-state index is -0.403. The summed E-state index contributed by atoms with van der Waals surface area (Å²) in [7, 11) is 0. The third kappa shape index (κ3) is 3.75. The Balaban J connectivity index is 2.13. The van der Waals surface area contributed by atoms with Gasteiger partial charge in [-0.2, -0.15) is 0 Å². The summed E-state index contributed by atoms with van der Waals surface area (Å²) in [5.41, 5.74) is 0.261. The van der Waals surface area contributed by atoms with E-state index >= 15 is 0 Å². The van der Waals surface area contributed by atoms with Crippen molar-refractivity contribution in [2.45, 2.75) is 51.5 Å². The van der Waals surface area contributed by atoms with E-state index < -0.39 is 11.6 Å². The maximum atomic E-state index is 13.8. The number of rotatable bonds is 4. The lowest BCUT2D eigenvalue weighted by Crippen LogP contribution is -2.36. The molecule has 2 unspecified atom stereocenters. The average Bonchev–Trinajstić information content (AvgIpc) is 2.60. The number of hydrogen-bond donors (Lipinski definition) is 1. The largest absolute Gasteiger partial charge is 0.314 e. The van der Waals surface area contributed by atoms with Gasteiger partial charge in [0.2, 0.25) is 0 Å². The highest BCUT2D eigenvalue weighted by atomic mass is 19.1. The van der Waals surface area contributed by atoms with Crippen LogP contribution in [0.25, 0.3) is 0 Å². The van der Waals surface area contributed by atoms with Crippen LogP contribution in [0, 0.1) is 17.6 Å². The Morgan fingerprint density at radius 2 is 1.79 bits per heavy atom. The van der Waals surface area contributed by atoms with Crippen LogP contribution in [0.3, 0.4) is 0 Å². The third-order valence-corrected chi connectivity index (χ3v) is 4.15. The summed E-state index contributed by atoms with van der Waals surface area (Å²) in [5, 5.41) is 3.49. The van der Waals surface area contributed by atoms with E-state index in [2.05, 4.69) is 12.2 Å². The minimum Gasteiger partial charge on any atom is -0.314 e. The lowest BCUT2D eigenvalue weighted by Gasteiger charge is -2.26. The van der Waals surface area contributed by atoms with Gasteiger partial charge in [0.05, 0.1) is 0 Å². The normalized spacial score (nSPS) is 24.2. The van der Waals surface area contributed by atoms with Crippen molar-refractivity contribution in [3.8, 4) is 0 Å². The first-order valence-corrected chi connectivity index (χ1v) is 7.38. The highest BCUT2D eigenvalue weighted by molar-refractivity contribution is 5.20. The molecule has 1 aliphatic rings. The van der Waals surface area contributed by atoms with Gasteiger partial charge in [-0.25, -0.2) is 8.78 Å². The summed E-state index contributed by atoms with van der Waals surface area (Å²) in [6.07, 6.45) is 6.31. The van der Waals surface area contributed by atoms with Crippen molar-refractivity contribution >= 4 is 0 Å². The molecule has 1 nitrogen and oxygen atoms in total. The van der Waals surface area contributed by atoms with Crippen LogP contribution >= 0.6 is 0 Å². The van der Waals surface area contributed by atoms with Gasteiger partial charge in [0, 0.05) is 11.6 Å². The van der Waals surface area contributed by atoms with E-state index in [4.69, 9.17) is 0 Å². The lowest BCUT2D eigenvalue weighted by atomic mass is 9.88. The first-order chi connectivity index (χ1) is 9.22. The van der Waals surface area contributed by atoms with E-state index in [1.165, 1.54) is 37.5 Å². The third-order valence-electron chi connectivity index (χ3n) is 4.15. The monoisotopic (exact) mass is 267 g/mol. The highest BCUT2D eigenvalue weighted by Crippen LogP contribution is 2.28. The van der Waals surface area contributed by atoms with Crippen molar-refractivity contribution in [3.05, 3.63) is 35.4 Å². The molecule has 0 heterocycles. The van der Waals surface area contributed by atoms with Crippen LogP contribution < -0.4 is 5.32 Å². The fourth-order valence-electron chi connectivity index (χ4n) is 3.15. The fraction of sp³-hybridized carbons (Fsp3) is 0.625. The number of hydrogen-bond acceptors (Lipinski definition) is 1. The van der Waals surface area contributed by atoms with Crippen molar-refractivity contribution in [2.75, 3.05) is 6.54 Å². The van der Waals surface area contributed by atoms with Crippen LogP contribution in [0.1, 0.15) is 44.6 Å². The van der Waals surface area contributed by atoms with Crippen LogP contribution in [-0.2, 0) is 6.42 Å². The van der Waals surface area contributed by atoms with Crippen molar-refractivity contribution < 1.29 is 8.78 Å². The van der Waals surface area contributed by atoms with Gasteiger partial charge < -0.3 is 5.32 Å². The van der Waals surface area contributed by atoms with E-state index in [0.29, 0.717) is 18.4 Å². The molecule has 1 N–H and O–H groups in total. The van der Waals surface area contributed by atoms with Crippen LogP contribution in [-0.4, -0.2) is 12.6 Å². The Hall–Kier alpha value is -0.960. The molecule has 0 bridgehead atoms. The van der Waals surface area contributed by atoms with Gasteiger partial charge in [-0.05, 0) is 43.9 Å². The van der Waals surface area contributed by atoms with Gasteiger partial charge in [-0.15, -0.1) is 0 Å². The summed E-state index contributed by atoms with van der Waals surface area (Å²) in [5.74, 6) is -0.465. The van der Waals surface area contributed by atoms with Gasteiger partial charge in [0.1, 0.15) is 11.6 Å². The second-order valence-corrected chi connectivity index (χ2v) is 5.47. The molecule has 2 atom stereocenters. The molecule has 1 aromatic rings. The van der Waals surface area contributed by atoms with E-state index in [1.54, 1.807) is 0 Å². The molecule has 106 valence electrons. The molecule has 0 spiro atoms. The maximum absolute atomic E-state index is 13.8. The SMILES string of the molecule is CCNC1CCCCCC1Cc1c(F)cccc1F. The van der Waals surface area contributed by atoms with Crippen molar-refractivity contribution in [3.63, 3.8) is 0 Å². The zero-order chi connectivity index (χ0) is 13.7. The number of halogens is 2. The maximum Gasteiger partial charge on any atom is 0.129 e. The van der Waals surface area contributed by atoms with E-state index in [9.17, 15) is 8.78 Å². The van der Waals surface area contributed by atoms with Crippen LogP contribution in [0.4, 0.5) is 8.78 Å². The topological polar surface area (TPSA) is 12.0 Å². The molecule has 3 heteroatoms. The number of nitrogens with one attached hydrogen (secondary N) is 1. The molecule has 1 aromatic carbocycles. The summed E-state index contributed by atoms with van der Waals surface area (Å²) in [4.78, 5) is 0. The van der Waals surface area contributed by atoms with E-state index in [-0.39, 0.29) is 5.56 Å². The lowest BCUT2D eigenvalue weighted by molar-refractivity contribution is 0.330. The van der Waals surface area contributed by atoms with Gasteiger partial charge in [-0.1, -0.05) is 32.3 Å². The van der Waals surface area contributed by atoms with Gasteiger partial charge in [0.25, 0.3) is 0 Å². The second kappa shape index (κ2) is 6.99. The van der Waals surface area contributed by atoms with E-state index in [0.717, 1.165) is 19.4 Å². The second-order valence-electron chi connectivity index (χ2n) is 5.47. The molecule has 0 aliphatic heterocycles. The molecule has 0 amide bonds. The Labute approximate surface area is 114 Å². The number of benzene rings is 1. The summed E-state index contributed by atoms with van der Waals surface area (Å²) in [6.45, 7) is 3.01. The highest BCUT2D eigenvalue weighted by Gasteiger charge is 2.25. The minimum absolute atomic E-state index is 0.261. The molecule has 0 aromatic heterocycles. The summed E-state index contributed by atoms with van der Waals surface area (Å²) < 4.78 is 27.5. The van der Waals surface area contributed by atoms with Crippen molar-refractivity contribution in [1.82, 2.24) is 5.32 Å². The molecule has 1 fully saturated rings. The first-order valence-electron chi connectivity index (χ1n) is 7.38. The Bertz CT molecular complexity index is 385. The molecule has 0 saturated heterocycles. The average molecular weight is 267 g/mol. The molecule has 0 radical (unpaired) electrons. The summed E-state index contributed by atoms with van der Waals surface area (Å²) in [6, 6.07) is 4.55. The molecule has 1 saturated carbocycles. The smallest absolute Gasteiger partial charge is 0.129 e. The molecular formula is C16H23F2N.